The van der Waals surface area contributed by atoms with E-state index in [0.29, 0.717) is 18.1 Å². The van der Waals surface area contributed by atoms with E-state index in [1.807, 2.05) is 20.8 Å². The van der Waals surface area contributed by atoms with Crippen LogP contribution in [0, 0.1) is 0 Å². The second-order valence-corrected chi connectivity index (χ2v) is 5.59. The van der Waals surface area contributed by atoms with Crippen molar-refractivity contribution in [2.45, 2.75) is 38.8 Å². The van der Waals surface area contributed by atoms with Gasteiger partial charge in [-0.15, -0.1) is 0 Å². The maximum Gasteiger partial charge on any atom is 0.416 e. The highest BCUT2D eigenvalue weighted by atomic mass is 19.4. The van der Waals surface area contributed by atoms with Crippen LogP contribution in [0.2, 0.25) is 0 Å². The van der Waals surface area contributed by atoms with Gasteiger partial charge in [-0.1, -0.05) is 39.0 Å². The molecule has 0 fully saturated rings. The van der Waals surface area contributed by atoms with Gasteiger partial charge in [-0.25, -0.2) is 0 Å². The highest BCUT2D eigenvalue weighted by Crippen LogP contribution is 2.32. The Kier molecular flexibility index (Phi) is 5.63. The molecule has 0 heterocycles. The Morgan fingerprint density at radius 1 is 1.24 bits per heavy atom. The largest absolute Gasteiger partial charge is 0.416 e. The predicted molar refractivity (Wildman–Crippen MR) is 79.3 cm³/mol. The van der Waals surface area contributed by atoms with Crippen LogP contribution < -0.4 is 11.1 Å². The number of aliphatic imine (C=N–C) groups is 1. The van der Waals surface area contributed by atoms with E-state index in [2.05, 4.69) is 10.3 Å². The van der Waals surface area contributed by atoms with Crippen LogP contribution in [0.5, 0.6) is 0 Å². The average Bonchev–Trinajstić information content (AvgIpc) is 2.42. The monoisotopic (exact) mass is 301 g/mol. The van der Waals surface area contributed by atoms with E-state index in [1.165, 1.54) is 12.1 Å². The summed E-state index contributed by atoms with van der Waals surface area (Å²) in [6.45, 7) is 6.74. The summed E-state index contributed by atoms with van der Waals surface area (Å²) >= 11 is 0. The van der Waals surface area contributed by atoms with Crippen molar-refractivity contribution in [2.24, 2.45) is 10.7 Å². The minimum Gasteiger partial charge on any atom is -0.370 e. The summed E-state index contributed by atoms with van der Waals surface area (Å²) in [5, 5.41) is 2.94. The molecule has 1 aromatic carbocycles. The second kappa shape index (κ2) is 6.83. The van der Waals surface area contributed by atoms with Crippen LogP contribution in [0.3, 0.4) is 0 Å². The molecule has 0 atom stereocenters. The van der Waals surface area contributed by atoms with Crippen LogP contribution in [-0.4, -0.2) is 19.0 Å². The van der Waals surface area contributed by atoms with E-state index in [1.54, 1.807) is 6.07 Å². The van der Waals surface area contributed by atoms with Crippen molar-refractivity contribution in [3.8, 4) is 0 Å². The lowest BCUT2D eigenvalue weighted by atomic mass is 9.84. The van der Waals surface area contributed by atoms with Crippen molar-refractivity contribution in [3.05, 3.63) is 35.4 Å². The zero-order valence-corrected chi connectivity index (χ0v) is 12.6. The molecule has 3 nitrogen and oxygen atoms in total. The third-order valence-corrected chi connectivity index (χ3v) is 3.17. The molecular formula is C15H22F3N3. The fraction of sp³-hybridized carbons (Fsp3) is 0.533. The van der Waals surface area contributed by atoms with E-state index >= 15 is 0 Å². The van der Waals surface area contributed by atoms with Gasteiger partial charge >= 0.3 is 6.18 Å². The summed E-state index contributed by atoms with van der Waals surface area (Å²) in [4.78, 5) is 4.20. The minimum absolute atomic E-state index is 0.316. The quantitative estimate of drug-likeness (QED) is 0.647. The lowest BCUT2D eigenvalue weighted by Crippen LogP contribution is -2.34. The van der Waals surface area contributed by atoms with Crippen molar-refractivity contribution in [2.75, 3.05) is 13.1 Å². The standard InChI is InChI=1S/C15H22F3N3/c1-4-8-20-13(19)21-10-14(2,3)11-6-5-7-12(9-11)15(16,17)18/h5-7,9H,4,8,10H2,1-3H3,(H3,19,20,21). The van der Waals surface area contributed by atoms with E-state index in [4.69, 9.17) is 5.73 Å². The fourth-order valence-electron chi connectivity index (χ4n) is 1.80. The molecule has 1 aromatic rings. The lowest BCUT2D eigenvalue weighted by Gasteiger charge is -2.24. The Balaban J connectivity index is 2.88. The average molecular weight is 301 g/mol. The number of halogens is 3. The van der Waals surface area contributed by atoms with Crippen molar-refractivity contribution in [1.29, 1.82) is 0 Å². The number of rotatable bonds is 5. The minimum atomic E-state index is -4.34. The van der Waals surface area contributed by atoms with Crippen LogP contribution in [0.15, 0.2) is 29.3 Å². The molecule has 21 heavy (non-hydrogen) atoms. The van der Waals surface area contributed by atoms with Gasteiger partial charge in [-0.3, -0.25) is 4.99 Å². The molecule has 0 aromatic heterocycles. The number of nitrogens with two attached hydrogens (primary N) is 1. The van der Waals surface area contributed by atoms with Crippen molar-refractivity contribution >= 4 is 5.96 Å². The fourth-order valence-corrected chi connectivity index (χ4v) is 1.80. The van der Waals surface area contributed by atoms with Crippen molar-refractivity contribution in [3.63, 3.8) is 0 Å². The Labute approximate surface area is 123 Å². The lowest BCUT2D eigenvalue weighted by molar-refractivity contribution is -0.137. The molecule has 1 rings (SSSR count). The van der Waals surface area contributed by atoms with Crippen molar-refractivity contribution in [1.82, 2.24) is 5.32 Å². The summed E-state index contributed by atoms with van der Waals surface area (Å²) in [6.07, 6.45) is -3.41. The van der Waals surface area contributed by atoms with Crippen LogP contribution in [-0.2, 0) is 11.6 Å². The van der Waals surface area contributed by atoms with Gasteiger partial charge in [0.25, 0.3) is 0 Å². The molecule has 3 N–H and O–H groups in total. The van der Waals surface area contributed by atoms with Crippen LogP contribution in [0.1, 0.15) is 38.3 Å². The highest BCUT2D eigenvalue weighted by Gasteiger charge is 2.32. The van der Waals surface area contributed by atoms with Gasteiger partial charge in [0.15, 0.2) is 5.96 Å². The first-order valence-electron chi connectivity index (χ1n) is 6.88. The Hall–Kier alpha value is -1.72. The zero-order chi connectivity index (χ0) is 16.1. The van der Waals surface area contributed by atoms with E-state index in [-0.39, 0.29) is 0 Å². The molecule has 118 valence electrons. The van der Waals surface area contributed by atoms with Gasteiger partial charge in [0, 0.05) is 12.0 Å². The van der Waals surface area contributed by atoms with Gasteiger partial charge in [-0.05, 0) is 18.1 Å². The van der Waals surface area contributed by atoms with Crippen LogP contribution in [0.25, 0.3) is 0 Å². The number of alkyl halides is 3. The molecular weight excluding hydrogens is 279 g/mol. The van der Waals surface area contributed by atoms with Gasteiger partial charge in [0.2, 0.25) is 0 Å². The zero-order valence-electron chi connectivity index (χ0n) is 12.6. The summed E-state index contributed by atoms with van der Waals surface area (Å²) in [6, 6.07) is 5.34. The van der Waals surface area contributed by atoms with Crippen LogP contribution >= 0.6 is 0 Å². The molecule has 0 aliphatic heterocycles. The SMILES string of the molecule is CCCNC(N)=NCC(C)(C)c1cccc(C(F)(F)F)c1. The van der Waals surface area contributed by atoms with E-state index in [9.17, 15) is 13.2 Å². The summed E-state index contributed by atoms with van der Waals surface area (Å²) in [5.41, 5.74) is 5.12. The highest BCUT2D eigenvalue weighted by molar-refractivity contribution is 5.77. The smallest absolute Gasteiger partial charge is 0.370 e. The number of guanidine groups is 1. The molecule has 0 saturated carbocycles. The first-order chi connectivity index (χ1) is 9.66. The molecule has 0 saturated heterocycles. The van der Waals surface area contributed by atoms with Gasteiger partial charge in [-0.2, -0.15) is 13.2 Å². The third kappa shape index (κ3) is 5.28. The Morgan fingerprint density at radius 3 is 2.43 bits per heavy atom. The predicted octanol–water partition coefficient (Wildman–Crippen LogP) is 3.30. The first-order valence-corrected chi connectivity index (χ1v) is 6.88. The van der Waals surface area contributed by atoms with Gasteiger partial charge in [0.05, 0.1) is 12.1 Å². The van der Waals surface area contributed by atoms with E-state index in [0.717, 1.165) is 19.0 Å². The maximum absolute atomic E-state index is 12.8. The number of nitrogens with zero attached hydrogens (tertiary/aromatic N) is 1. The molecule has 0 amide bonds. The molecule has 6 heteroatoms. The summed E-state index contributed by atoms with van der Waals surface area (Å²) in [5.74, 6) is 0.317. The molecule has 0 unspecified atom stereocenters. The molecule has 0 radical (unpaired) electrons. The van der Waals surface area contributed by atoms with Crippen molar-refractivity contribution < 1.29 is 13.2 Å². The second-order valence-electron chi connectivity index (χ2n) is 5.59. The normalized spacial score (nSPS) is 13.3. The summed E-state index contributed by atoms with van der Waals surface area (Å²) < 4.78 is 38.3. The number of nitrogens with one attached hydrogen (secondary N) is 1. The van der Waals surface area contributed by atoms with Gasteiger partial charge < -0.3 is 11.1 Å². The number of benzene rings is 1. The molecule has 0 spiro atoms. The van der Waals surface area contributed by atoms with Crippen LogP contribution in [0.4, 0.5) is 13.2 Å². The number of hydrogen-bond acceptors (Lipinski definition) is 1. The Bertz CT molecular complexity index is 493. The Morgan fingerprint density at radius 2 is 1.86 bits per heavy atom. The third-order valence-electron chi connectivity index (χ3n) is 3.17. The molecule has 0 bridgehead atoms. The van der Waals surface area contributed by atoms with Gasteiger partial charge in [0.1, 0.15) is 0 Å². The molecule has 0 aliphatic rings. The van der Waals surface area contributed by atoms with E-state index < -0.39 is 17.2 Å². The topological polar surface area (TPSA) is 50.4 Å². The summed E-state index contributed by atoms with van der Waals surface area (Å²) in [7, 11) is 0. The first kappa shape index (κ1) is 17.3. The number of hydrogen-bond donors (Lipinski definition) is 2. The maximum atomic E-state index is 12.8. The molecule has 0 aliphatic carbocycles.